The van der Waals surface area contributed by atoms with Crippen molar-refractivity contribution in [1.82, 2.24) is 0 Å². The van der Waals surface area contributed by atoms with Crippen LogP contribution in [0.3, 0.4) is 0 Å². The van der Waals surface area contributed by atoms with E-state index in [1.165, 1.54) is 0 Å². The van der Waals surface area contributed by atoms with Crippen LogP contribution < -0.4 is 0 Å². The van der Waals surface area contributed by atoms with Crippen LogP contribution in [-0.4, -0.2) is 42.2 Å². The van der Waals surface area contributed by atoms with Gasteiger partial charge >= 0.3 is 26.7 Å². The van der Waals surface area contributed by atoms with Crippen molar-refractivity contribution in [3.63, 3.8) is 0 Å². The minimum Gasteiger partial charge on any atom is -0.542 e. The molecule has 0 aromatic rings. The fourth-order valence-corrected chi connectivity index (χ4v) is 0.220. The molecule has 0 aliphatic heterocycles. The van der Waals surface area contributed by atoms with Gasteiger partial charge in [-0.1, -0.05) is 0 Å². The maximum atomic E-state index is 10.2. The average Bonchev–Trinajstić information content (AvgIpc) is 1.89. The Labute approximate surface area is 62.0 Å². The van der Waals surface area contributed by atoms with E-state index in [0.29, 0.717) is 14.7 Å². The normalized spacial score (nSPS) is 7.60. The van der Waals surface area contributed by atoms with Crippen molar-refractivity contribution in [3.05, 3.63) is 0 Å². The Morgan fingerprint density at radius 1 is 1.00 bits per heavy atom. The number of rotatable bonds is 2. The summed E-state index contributed by atoms with van der Waals surface area (Å²) in [6, 6.07) is 0. The Hall–Kier alpha value is -0.800. The molecule has 6 radical (unpaired) electrons. The van der Waals surface area contributed by atoms with Gasteiger partial charge in [0, 0.05) is 0 Å². The molecule has 0 aromatic carbocycles. The standard InChI is InChI=1S/C2B4O4/c3-5-9-1(7)2(8)10-6-4. The van der Waals surface area contributed by atoms with E-state index in [2.05, 4.69) is 24.8 Å². The van der Waals surface area contributed by atoms with E-state index in [1.807, 2.05) is 0 Å². The van der Waals surface area contributed by atoms with E-state index in [-0.39, 0.29) is 0 Å². The SMILES string of the molecule is [B][B]OC(=O)C(=O)O[B][B]. The first kappa shape index (κ1) is 9.20. The number of carbonyl (C=O) groups excluding carboxylic acids is 2. The number of carbonyl (C=O) groups is 2. The van der Waals surface area contributed by atoms with Crippen LogP contribution in [0.5, 0.6) is 0 Å². The Bertz CT molecular complexity index is 119. The lowest BCUT2D eigenvalue weighted by atomic mass is 9.72. The van der Waals surface area contributed by atoms with Gasteiger partial charge in [0.1, 0.15) is 0 Å². The molecule has 0 rings (SSSR count). The molecule has 0 N–H and O–H groups in total. The predicted molar refractivity (Wildman–Crippen MR) is 35.2 cm³/mol. The molecule has 0 bridgehead atoms. The van der Waals surface area contributed by atoms with Gasteiger partial charge in [-0.3, -0.25) is 0 Å². The Morgan fingerprint density at radius 3 is 1.50 bits per heavy atom. The second-order valence-corrected chi connectivity index (χ2v) is 1.08. The summed E-state index contributed by atoms with van der Waals surface area (Å²) in [7, 11) is 10.4. The fraction of sp³-hybridized carbons (Fsp3) is 0. The minimum absolute atomic E-state index is 0.570. The highest BCUT2D eigenvalue weighted by Crippen LogP contribution is 1.78. The highest BCUT2D eigenvalue weighted by Gasteiger charge is 2.13. The smallest absolute Gasteiger partial charge is 0.397 e. The van der Waals surface area contributed by atoms with Gasteiger partial charge < -0.3 is 9.31 Å². The average molecular weight is 131 g/mol. The van der Waals surface area contributed by atoms with Gasteiger partial charge in [0.2, 0.25) is 0 Å². The molecule has 0 fully saturated rings. The number of hydrogen-bond donors (Lipinski definition) is 0. The van der Waals surface area contributed by atoms with E-state index in [0.717, 1.165) is 0 Å². The Kier molecular flexibility index (Phi) is 4.62. The largest absolute Gasteiger partial charge is 0.542 e. The molecule has 0 amide bonds. The summed E-state index contributed by atoms with van der Waals surface area (Å²) in [4.78, 5) is 20.5. The lowest BCUT2D eigenvalue weighted by molar-refractivity contribution is -0.156. The van der Waals surface area contributed by atoms with Gasteiger partial charge in [-0.25, -0.2) is 9.59 Å². The third-order valence-electron chi connectivity index (χ3n) is 0.517. The highest BCUT2D eigenvalue weighted by atomic mass is 16.6. The molecule has 8 heteroatoms. The Balaban J connectivity index is 3.60. The van der Waals surface area contributed by atoms with Crippen molar-refractivity contribution in [2.45, 2.75) is 0 Å². The van der Waals surface area contributed by atoms with Crippen LogP contribution in [0.25, 0.3) is 0 Å². The zero-order valence-corrected chi connectivity index (χ0v) is 4.94. The van der Waals surface area contributed by atoms with Crippen molar-refractivity contribution in [3.8, 4) is 0 Å². The van der Waals surface area contributed by atoms with Crippen molar-refractivity contribution >= 4 is 42.2 Å². The van der Waals surface area contributed by atoms with Gasteiger partial charge in [0.05, 0.1) is 15.5 Å². The minimum atomic E-state index is -1.22. The molecule has 0 saturated heterocycles. The summed E-state index contributed by atoms with van der Waals surface area (Å²) >= 11 is 0. The molecule has 0 unspecified atom stereocenters. The maximum Gasteiger partial charge on any atom is 0.397 e. The zero-order chi connectivity index (χ0) is 7.98. The van der Waals surface area contributed by atoms with Gasteiger partial charge in [0.25, 0.3) is 0 Å². The van der Waals surface area contributed by atoms with Gasteiger partial charge in [-0.2, -0.15) is 0 Å². The molecular formula is C2B4O4. The predicted octanol–water partition coefficient (Wildman–Crippen LogP) is -2.52. The summed E-state index contributed by atoms with van der Waals surface area (Å²) in [6.07, 6.45) is 0. The van der Waals surface area contributed by atoms with Crippen LogP contribution in [0.2, 0.25) is 0 Å². The van der Waals surface area contributed by atoms with Crippen LogP contribution in [0.1, 0.15) is 0 Å². The topological polar surface area (TPSA) is 52.6 Å². The second kappa shape index (κ2) is 5.02. The van der Waals surface area contributed by atoms with Gasteiger partial charge in [0.15, 0.2) is 0 Å². The molecule has 0 saturated carbocycles. The van der Waals surface area contributed by atoms with E-state index < -0.39 is 11.9 Å². The summed E-state index contributed by atoms with van der Waals surface area (Å²) < 4.78 is 7.84. The van der Waals surface area contributed by atoms with E-state index in [4.69, 9.17) is 0 Å². The maximum absolute atomic E-state index is 10.2. The van der Waals surface area contributed by atoms with Crippen molar-refractivity contribution in [2.75, 3.05) is 0 Å². The molecule has 0 aliphatic rings. The van der Waals surface area contributed by atoms with Crippen molar-refractivity contribution in [2.24, 2.45) is 0 Å². The number of hydrogen-bond acceptors (Lipinski definition) is 4. The van der Waals surface area contributed by atoms with E-state index in [1.54, 1.807) is 0 Å². The molecule has 10 heavy (non-hydrogen) atoms. The molecule has 0 heterocycles. The molecule has 0 aromatic heterocycles. The Morgan fingerprint density at radius 2 is 1.30 bits per heavy atom. The highest BCUT2D eigenvalue weighted by molar-refractivity contribution is 6.87. The molecular weight excluding hydrogens is 131 g/mol. The van der Waals surface area contributed by atoms with Crippen molar-refractivity contribution in [1.29, 1.82) is 0 Å². The monoisotopic (exact) mass is 132 g/mol. The van der Waals surface area contributed by atoms with Gasteiger partial charge in [-0.15, -0.1) is 0 Å². The molecule has 44 valence electrons. The van der Waals surface area contributed by atoms with Crippen LogP contribution in [0.4, 0.5) is 0 Å². The third-order valence-corrected chi connectivity index (χ3v) is 0.517. The molecule has 0 spiro atoms. The van der Waals surface area contributed by atoms with Crippen LogP contribution in [-0.2, 0) is 18.9 Å². The lowest BCUT2D eigenvalue weighted by Gasteiger charge is -1.99. The second-order valence-electron chi connectivity index (χ2n) is 1.08. The van der Waals surface area contributed by atoms with E-state index >= 15 is 0 Å². The van der Waals surface area contributed by atoms with Gasteiger partial charge in [-0.05, 0) is 0 Å². The summed E-state index contributed by atoms with van der Waals surface area (Å²) in [5.74, 6) is -2.44. The summed E-state index contributed by atoms with van der Waals surface area (Å²) in [5, 5.41) is 0. The first-order valence-electron chi connectivity index (χ1n) is 2.20. The zero-order valence-electron chi connectivity index (χ0n) is 4.94. The van der Waals surface area contributed by atoms with Crippen LogP contribution in [0.15, 0.2) is 0 Å². The quantitative estimate of drug-likeness (QED) is 0.306. The third kappa shape index (κ3) is 3.27. The fourth-order valence-electron chi connectivity index (χ4n) is 0.220. The summed E-state index contributed by atoms with van der Waals surface area (Å²) in [5.41, 5.74) is 0. The van der Waals surface area contributed by atoms with Crippen molar-refractivity contribution < 1.29 is 18.9 Å². The molecule has 0 atom stereocenters. The molecule has 4 nitrogen and oxygen atoms in total. The molecule has 0 aliphatic carbocycles. The van der Waals surface area contributed by atoms with E-state index in [9.17, 15) is 9.59 Å². The summed E-state index contributed by atoms with van der Waals surface area (Å²) in [6.45, 7) is 0. The lowest BCUT2D eigenvalue weighted by Crippen LogP contribution is -2.23. The van der Waals surface area contributed by atoms with Crippen LogP contribution in [0, 0.1) is 0 Å². The van der Waals surface area contributed by atoms with Crippen LogP contribution >= 0.6 is 0 Å². The first-order chi connectivity index (χ1) is 4.72. The first-order valence-corrected chi connectivity index (χ1v) is 2.20.